The normalized spacial score (nSPS) is 15.4. The van der Waals surface area contributed by atoms with Gasteiger partial charge in [-0.1, -0.05) is 36.6 Å². The van der Waals surface area contributed by atoms with E-state index in [2.05, 4.69) is 10.1 Å². The van der Waals surface area contributed by atoms with Crippen molar-refractivity contribution in [1.29, 1.82) is 0 Å². The molecule has 1 saturated carbocycles. The van der Waals surface area contributed by atoms with Crippen LogP contribution in [0.4, 0.5) is 4.39 Å². The molecule has 128 valence electrons. The Labute approximate surface area is 140 Å². The predicted octanol–water partition coefficient (Wildman–Crippen LogP) is 3.57. The number of benzene rings is 1. The molecular weight excluding hydrogens is 309 g/mol. The molecule has 0 saturated heterocycles. The Kier molecular flexibility index (Phi) is 5.23. The van der Waals surface area contributed by atoms with E-state index in [0.717, 1.165) is 12.8 Å². The van der Waals surface area contributed by atoms with E-state index in [1.807, 2.05) is 0 Å². The van der Waals surface area contributed by atoms with Crippen molar-refractivity contribution in [3.05, 3.63) is 47.4 Å². The molecule has 0 aliphatic heterocycles. The van der Waals surface area contributed by atoms with Crippen LogP contribution in [0.25, 0.3) is 0 Å². The number of hydrogen-bond donors (Lipinski definition) is 0. The lowest BCUT2D eigenvalue weighted by molar-refractivity contribution is 0.0791. The average molecular weight is 331 g/mol. The molecule has 1 aliphatic carbocycles. The Hall–Kier alpha value is -2.24. The largest absolute Gasteiger partial charge is 0.341 e. The summed E-state index contributed by atoms with van der Waals surface area (Å²) in [6.45, 7) is 0.413. The summed E-state index contributed by atoms with van der Waals surface area (Å²) < 4.78 is 19.1. The molecule has 0 unspecified atom stereocenters. The number of likely N-dealkylation sites (N-methyl/N-ethyl adjacent to an activating group) is 1. The van der Waals surface area contributed by atoms with Crippen LogP contribution in [0.15, 0.2) is 28.8 Å². The van der Waals surface area contributed by atoms with Crippen molar-refractivity contribution < 1.29 is 13.7 Å². The third-order valence-corrected chi connectivity index (χ3v) is 4.56. The molecule has 0 spiro atoms. The first kappa shape index (κ1) is 16.6. The SMILES string of the molecule is CN(CCc1noc(C2CCCCC2)n1)C(=O)c1ccccc1F. The Morgan fingerprint density at radius 3 is 2.79 bits per heavy atom. The third kappa shape index (κ3) is 3.80. The van der Waals surface area contributed by atoms with Crippen LogP contribution in [0.1, 0.15) is 60.1 Å². The van der Waals surface area contributed by atoms with Crippen LogP contribution in [0.3, 0.4) is 0 Å². The molecule has 3 rings (SSSR count). The molecule has 0 radical (unpaired) electrons. The zero-order chi connectivity index (χ0) is 16.9. The first-order valence-electron chi connectivity index (χ1n) is 8.47. The highest BCUT2D eigenvalue weighted by atomic mass is 19.1. The highest BCUT2D eigenvalue weighted by Gasteiger charge is 2.22. The monoisotopic (exact) mass is 331 g/mol. The summed E-state index contributed by atoms with van der Waals surface area (Å²) in [5.41, 5.74) is 0.0796. The molecule has 1 aromatic carbocycles. The number of hydrogen-bond acceptors (Lipinski definition) is 4. The molecule has 24 heavy (non-hydrogen) atoms. The fourth-order valence-electron chi connectivity index (χ4n) is 3.09. The van der Waals surface area contributed by atoms with Crippen LogP contribution in [-0.4, -0.2) is 34.5 Å². The Bertz CT molecular complexity index is 695. The van der Waals surface area contributed by atoms with Crippen molar-refractivity contribution in [2.45, 2.75) is 44.4 Å². The van der Waals surface area contributed by atoms with Gasteiger partial charge in [0.15, 0.2) is 5.82 Å². The van der Waals surface area contributed by atoms with Crippen LogP contribution in [0.5, 0.6) is 0 Å². The van der Waals surface area contributed by atoms with E-state index in [1.165, 1.54) is 36.3 Å². The van der Waals surface area contributed by atoms with E-state index in [-0.39, 0.29) is 11.5 Å². The number of rotatable bonds is 5. The zero-order valence-electron chi connectivity index (χ0n) is 13.9. The minimum atomic E-state index is -0.506. The lowest BCUT2D eigenvalue weighted by Gasteiger charge is -2.17. The number of carbonyl (C=O) groups is 1. The number of halogens is 1. The fraction of sp³-hybridized carbons (Fsp3) is 0.500. The minimum Gasteiger partial charge on any atom is -0.341 e. The predicted molar refractivity (Wildman–Crippen MR) is 87.2 cm³/mol. The van der Waals surface area contributed by atoms with Crippen molar-refractivity contribution in [2.24, 2.45) is 0 Å². The van der Waals surface area contributed by atoms with Crippen LogP contribution in [0.2, 0.25) is 0 Å². The van der Waals surface area contributed by atoms with Gasteiger partial charge in [0.05, 0.1) is 5.56 Å². The maximum Gasteiger partial charge on any atom is 0.256 e. The summed E-state index contributed by atoms with van der Waals surface area (Å²) in [4.78, 5) is 18.2. The van der Waals surface area contributed by atoms with Gasteiger partial charge in [-0.15, -0.1) is 0 Å². The highest BCUT2D eigenvalue weighted by molar-refractivity contribution is 5.94. The van der Waals surface area contributed by atoms with E-state index in [4.69, 9.17) is 4.52 Å². The first-order chi connectivity index (χ1) is 11.6. The van der Waals surface area contributed by atoms with Gasteiger partial charge in [0.1, 0.15) is 5.82 Å². The van der Waals surface area contributed by atoms with E-state index in [1.54, 1.807) is 19.2 Å². The molecule has 1 aromatic heterocycles. The average Bonchev–Trinajstić information content (AvgIpc) is 3.09. The summed E-state index contributed by atoms with van der Waals surface area (Å²) in [6, 6.07) is 6.00. The molecule has 1 aliphatic rings. The maximum atomic E-state index is 13.7. The Morgan fingerprint density at radius 2 is 2.04 bits per heavy atom. The van der Waals surface area contributed by atoms with Gasteiger partial charge < -0.3 is 9.42 Å². The second kappa shape index (κ2) is 7.55. The number of amides is 1. The van der Waals surface area contributed by atoms with Crippen molar-refractivity contribution in [1.82, 2.24) is 15.0 Å². The van der Waals surface area contributed by atoms with E-state index in [9.17, 15) is 9.18 Å². The smallest absolute Gasteiger partial charge is 0.256 e. The molecule has 2 aromatic rings. The van der Waals surface area contributed by atoms with Gasteiger partial charge in [-0.25, -0.2) is 4.39 Å². The summed E-state index contributed by atoms with van der Waals surface area (Å²) in [7, 11) is 1.65. The van der Waals surface area contributed by atoms with E-state index in [0.29, 0.717) is 30.6 Å². The van der Waals surface area contributed by atoms with Crippen molar-refractivity contribution >= 4 is 5.91 Å². The van der Waals surface area contributed by atoms with Crippen molar-refractivity contribution in [3.63, 3.8) is 0 Å². The summed E-state index contributed by atoms with van der Waals surface area (Å²) >= 11 is 0. The van der Waals surface area contributed by atoms with Crippen molar-refractivity contribution in [2.75, 3.05) is 13.6 Å². The quantitative estimate of drug-likeness (QED) is 0.840. The van der Waals surface area contributed by atoms with Gasteiger partial charge in [-0.2, -0.15) is 4.98 Å². The lowest BCUT2D eigenvalue weighted by atomic mass is 9.89. The zero-order valence-corrected chi connectivity index (χ0v) is 13.9. The Balaban J connectivity index is 1.56. The lowest BCUT2D eigenvalue weighted by Crippen LogP contribution is -2.29. The summed E-state index contributed by atoms with van der Waals surface area (Å²) in [5, 5.41) is 4.01. The third-order valence-electron chi connectivity index (χ3n) is 4.56. The van der Waals surface area contributed by atoms with Crippen LogP contribution in [-0.2, 0) is 6.42 Å². The molecule has 1 fully saturated rings. The van der Waals surface area contributed by atoms with Crippen molar-refractivity contribution in [3.8, 4) is 0 Å². The number of nitrogens with zero attached hydrogens (tertiary/aromatic N) is 3. The molecule has 1 heterocycles. The van der Waals surface area contributed by atoms with Gasteiger partial charge in [0.25, 0.3) is 5.91 Å². The summed E-state index contributed by atoms with van der Waals surface area (Å²) in [5.74, 6) is 0.840. The molecule has 6 heteroatoms. The van der Waals surface area contributed by atoms with E-state index < -0.39 is 5.82 Å². The topological polar surface area (TPSA) is 59.2 Å². The standard InChI is InChI=1S/C18H22FN3O2/c1-22(18(23)14-9-5-6-10-15(14)19)12-11-16-20-17(24-21-16)13-7-3-2-4-8-13/h5-6,9-10,13H,2-4,7-8,11-12H2,1H3. The molecule has 0 bridgehead atoms. The number of carbonyl (C=O) groups excluding carboxylic acids is 1. The number of aromatic nitrogens is 2. The fourth-order valence-corrected chi connectivity index (χ4v) is 3.09. The molecule has 0 atom stereocenters. The molecule has 0 N–H and O–H groups in total. The van der Waals surface area contributed by atoms with Crippen LogP contribution in [0, 0.1) is 5.82 Å². The maximum absolute atomic E-state index is 13.7. The molecule has 1 amide bonds. The molecular formula is C18H22FN3O2. The summed E-state index contributed by atoms with van der Waals surface area (Å²) in [6.07, 6.45) is 6.40. The first-order valence-corrected chi connectivity index (χ1v) is 8.47. The van der Waals surface area contributed by atoms with Gasteiger partial charge in [-0.05, 0) is 25.0 Å². The van der Waals surface area contributed by atoms with Gasteiger partial charge in [0.2, 0.25) is 5.89 Å². The molecule has 5 nitrogen and oxygen atoms in total. The second-order valence-electron chi connectivity index (χ2n) is 6.34. The van der Waals surface area contributed by atoms with Gasteiger partial charge in [-0.3, -0.25) is 4.79 Å². The minimum absolute atomic E-state index is 0.0796. The van der Waals surface area contributed by atoms with Crippen LogP contribution < -0.4 is 0 Å². The highest BCUT2D eigenvalue weighted by Crippen LogP contribution is 2.31. The van der Waals surface area contributed by atoms with Gasteiger partial charge >= 0.3 is 0 Å². The second-order valence-corrected chi connectivity index (χ2v) is 6.34. The van der Waals surface area contributed by atoms with E-state index >= 15 is 0 Å². The van der Waals surface area contributed by atoms with Crippen LogP contribution >= 0.6 is 0 Å². The van der Waals surface area contributed by atoms with Gasteiger partial charge in [0, 0.05) is 25.9 Å². The Morgan fingerprint density at radius 1 is 1.29 bits per heavy atom.